The Kier molecular flexibility index (Phi) is 5.47. The second kappa shape index (κ2) is 7.60. The molecule has 25 heavy (non-hydrogen) atoms. The molecule has 3 fully saturated rings. The van der Waals surface area contributed by atoms with E-state index in [9.17, 15) is 9.59 Å². The summed E-state index contributed by atoms with van der Waals surface area (Å²) < 4.78 is 5.05. The van der Waals surface area contributed by atoms with Crippen LogP contribution in [0, 0.1) is 5.92 Å². The van der Waals surface area contributed by atoms with Crippen LogP contribution in [0.2, 0.25) is 5.15 Å². The van der Waals surface area contributed by atoms with E-state index in [1.54, 1.807) is 6.07 Å². The first-order valence-electron chi connectivity index (χ1n) is 8.76. The number of rotatable bonds is 5. The molecule has 0 unspecified atom stereocenters. The minimum Gasteiger partial charge on any atom is -0.360 e. The highest BCUT2D eigenvalue weighted by molar-refractivity contribution is 6.29. The molecule has 0 saturated carbocycles. The van der Waals surface area contributed by atoms with Gasteiger partial charge in [0.2, 0.25) is 11.8 Å². The Labute approximate surface area is 152 Å². The van der Waals surface area contributed by atoms with Gasteiger partial charge in [-0.05, 0) is 26.7 Å². The number of allylic oxidation sites excluding steroid dienone is 1. The molecule has 3 aliphatic rings. The monoisotopic (exact) mass is 365 g/mol. The Balaban J connectivity index is 1.63. The van der Waals surface area contributed by atoms with Gasteiger partial charge in [0, 0.05) is 44.6 Å². The van der Waals surface area contributed by atoms with E-state index >= 15 is 0 Å². The normalized spacial score (nSPS) is 22.9. The predicted molar refractivity (Wildman–Crippen MR) is 94.1 cm³/mol. The molecule has 4 rings (SSSR count). The van der Waals surface area contributed by atoms with E-state index in [0.29, 0.717) is 43.4 Å². The van der Waals surface area contributed by atoms with E-state index in [2.05, 4.69) is 11.2 Å². The van der Waals surface area contributed by atoms with Gasteiger partial charge in [-0.2, -0.15) is 0 Å². The summed E-state index contributed by atoms with van der Waals surface area (Å²) in [5.41, 5.74) is 1.20. The van der Waals surface area contributed by atoms with Crippen LogP contribution in [0.25, 0.3) is 0 Å². The number of hydrogen-bond donors (Lipinski definition) is 0. The maximum atomic E-state index is 12.7. The van der Waals surface area contributed by atoms with Crippen LogP contribution >= 0.6 is 11.6 Å². The molecule has 136 valence electrons. The maximum absolute atomic E-state index is 12.7. The van der Waals surface area contributed by atoms with Crippen LogP contribution < -0.4 is 0 Å². The molecule has 0 aromatic carbocycles. The lowest BCUT2D eigenvalue weighted by atomic mass is 9.94. The van der Waals surface area contributed by atoms with Crippen LogP contribution in [0.1, 0.15) is 38.9 Å². The fraction of sp³-hybridized carbons (Fsp3) is 0.611. The van der Waals surface area contributed by atoms with Crippen molar-refractivity contribution in [2.24, 2.45) is 5.92 Å². The molecule has 3 aliphatic heterocycles. The van der Waals surface area contributed by atoms with Gasteiger partial charge in [0.25, 0.3) is 0 Å². The summed E-state index contributed by atoms with van der Waals surface area (Å²) in [6.45, 7) is 5.85. The fourth-order valence-electron chi connectivity index (χ4n) is 3.56. The van der Waals surface area contributed by atoms with Crippen molar-refractivity contribution in [3.8, 4) is 0 Å². The van der Waals surface area contributed by atoms with Crippen molar-refractivity contribution in [3.63, 3.8) is 0 Å². The molecule has 1 aromatic heterocycles. The topological polar surface area (TPSA) is 66.7 Å². The number of fused-ring (bicyclic) bond motifs is 4. The van der Waals surface area contributed by atoms with Crippen molar-refractivity contribution in [1.29, 1.82) is 0 Å². The number of halogens is 1. The lowest BCUT2D eigenvalue weighted by Gasteiger charge is -2.35. The van der Waals surface area contributed by atoms with E-state index in [1.807, 2.05) is 23.6 Å². The third-order valence-electron chi connectivity index (χ3n) is 4.96. The summed E-state index contributed by atoms with van der Waals surface area (Å²) in [5, 5.41) is 3.92. The molecule has 2 bridgehead atoms. The zero-order valence-electron chi connectivity index (χ0n) is 14.7. The number of aromatic nitrogens is 1. The molecule has 2 amide bonds. The highest BCUT2D eigenvalue weighted by atomic mass is 35.5. The molecule has 2 atom stereocenters. The first kappa shape index (κ1) is 18.0. The van der Waals surface area contributed by atoms with E-state index in [1.165, 1.54) is 5.57 Å². The van der Waals surface area contributed by atoms with Crippen LogP contribution in [0.15, 0.2) is 22.2 Å². The van der Waals surface area contributed by atoms with Gasteiger partial charge in [0.15, 0.2) is 5.15 Å². The van der Waals surface area contributed by atoms with E-state index in [-0.39, 0.29) is 23.8 Å². The molecule has 0 radical (unpaired) electrons. The molecule has 0 spiro atoms. The van der Waals surface area contributed by atoms with Crippen LogP contribution in [-0.4, -0.2) is 52.4 Å². The predicted octanol–water partition coefficient (Wildman–Crippen LogP) is 2.68. The minimum atomic E-state index is -0.0759. The largest absolute Gasteiger partial charge is 0.360 e. The number of aryl methyl sites for hydroxylation is 1. The van der Waals surface area contributed by atoms with Crippen LogP contribution in [0.4, 0.5) is 0 Å². The zero-order chi connectivity index (χ0) is 18.0. The number of amides is 2. The maximum Gasteiger partial charge on any atom is 0.228 e. The summed E-state index contributed by atoms with van der Waals surface area (Å²) in [4.78, 5) is 29.1. The minimum absolute atomic E-state index is 0.0567. The highest BCUT2D eigenvalue weighted by Crippen LogP contribution is 2.29. The second-order valence-electron chi connectivity index (χ2n) is 7.11. The first-order chi connectivity index (χ1) is 11.9. The second-order valence-corrected chi connectivity index (χ2v) is 7.50. The van der Waals surface area contributed by atoms with Crippen LogP contribution in [-0.2, 0) is 16.0 Å². The van der Waals surface area contributed by atoms with Crippen molar-refractivity contribution in [1.82, 2.24) is 15.0 Å². The average Bonchev–Trinajstić information content (AvgIpc) is 2.80. The average molecular weight is 366 g/mol. The summed E-state index contributed by atoms with van der Waals surface area (Å²) in [5.74, 6) is 0.776. The quantitative estimate of drug-likeness (QED) is 0.752. The smallest absolute Gasteiger partial charge is 0.228 e. The van der Waals surface area contributed by atoms with Gasteiger partial charge >= 0.3 is 0 Å². The molecular weight excluding hydrogens is 342 g/mol. The molecule has 0 aliphatic carbocycles. The van der Waals surface area contributed by atoms with Gasteiger partial charge < -0.3 is 14.3 Å². The number of nitrogens with zero attached hydrogens (tertiary/aromatic N) is 3. The Hall–Kier alpha value is -1.82. The molecule has 1 aromatic rings. The third-order valence-corrected chi connectivity index (χ3v) is 5.14. The van der Waals surface area contributed by atoms with E-state index < -0.39 is 0 Å². The third kappa shape index (κ3) is 4.24. The summed E-state index contributed by atoms with van der Waals surface area (Å²) in [7, 11) is 0. The molecule has 0 N–H and O–H groups in total. The van der Waals surface area contributed by atoms with Gasteiger partial charge in [0.05, 0.1) is 5.92 Å². The van der Waals surface area contributed by atoms with Crippen LogP contribution in [0.5, 0.6) is 0 Å². The lowest BCUT2D eigenvalue weighted by Crippen LogP contribution is -2.48. The summed E-state index contributed by atoms with van der Waals surface area (Å²) >= 11 is 5.73. The first-order valence-corrected chi connectivity index (χ1v) is 9.14. The van der Waals surface area contributed by atoms with Crippen molar-refractivity contribution in [2.75, 3.05) is 19.6 Å². The van der Waals surface area contributed by atoms with E-state index in [4.69, 9.17) is 16.1 Å². The number of hydrogen-bond acceptors (Lipinski definition) is 4. The Bertz CT molecular complexity index is 681. The van der Waals surface area contributed by atoms with Gasteiger partial charge in [-0.3, -0.25) is 9.59 Å². The molecule has 7 heteroatoms. The van der Waals surface area contributed by atoms with Gasteiger partial charge in [0.1, 0.15) is 5.76 Å². The zero-order valence-corrected chi connectivity index (χ0v) is 15.5. The molecule has 4 heterocycles. The summed E-state index contributed by atoms with van der Waals surface area (Å²) in [6, 6.07) is 1.75. The van der Waals surface area contributed by atoms with Crippen molar-refractivity contribution in [2.45, 2.75) is 45.6 Å². The Morgan fingerprint density at radius 3 is 2.88 bits per heavy atom. The highest BCUT2D eigenvalue weighted by Gasteiger charge is 2.41. The van der Waals surface area contributed by atoms with Crippen molar-refractivity contribution < 1.29 is 14.1 Å². The van der Waals surface area contributed by atoms with Gasteiger partial charge in [-0.25, -0.2) is 0 Å². The number of carbonyl (C=O) groups is 2. The number of piperidine rings is 1. The lowest BCUT2D eigenvalue weighted by molar-refractivity contribution is -0.139. The SMILES string of the molecule is CC(C)=CCN1C(=O)[C@H]2CC[C@@H]1CN(C(=O)CCc1cc(Cl)no1)C2. The Morgan fingerprint density at radius 1 is 1.40 bits per heavy atom. The van der Waals surface area contributed by atoms with Gasteiger partial charge in [-0.15, -0.1) is 0 Å². The Morgan fingerprint density at radius 2 is 2.20 bits per heavy atom. The number of carbonyl (C=O) groups excluding carboxylic acids is 2. The molecule has 3 saturated heterocycles. The van der Waals surface area contributed by atoms with Crippen LogP contribution in [0.3, 0.4) is 0 Å². The van der Waals surface area contributed by atoms with Gasteiger partial charge in [-0.1, -0.05) is 28.4 Å². The molecular formula is C18H24ClN3O3. The standard InChI is InChI=1S/C18H24ClN3O3/c1-12(2)7-8-22-14-4-3-13(18(22)24)10-21(11-14)17(23)6-5-15-9-16(19)20-25-15/h7,9,13-14H,3-6,8,10-11H2,1-2H3/t13-,14+/m0/s1. The molecule has 6 nitrogen and oxygen atoms in total. The van der Waals surface area contributed by atoms with E-state index in [0.717, 1.165) is 12.8 Å². The fourth-order valence-corrected chi connectivity index (χ4v) is 3.72. The summed E-state index contributed by atoms with van der Waals surface area (Å²) in [6.07, 6.45) is 4.73. The van der Waals surface area contributed by atoms with Crippen molar-refractivity contribution >= 4 is 23.4 Å². The van der Waals surface area contributed by atoms with Crippen molar-refractivity contribution in [3.05, 3.63) is 28.6 Å².